The second-order valence-electron chi connectivity index (χ2n) is 5.25. The van der Waals surface area contributed by atoms with Crippen LogP contribution in [0, 0.1) is 0 Å². The first kappa shape index (κ1) is 15.2. The van der Waals surface area contributed by atoms with Crippen molar-refractivity contribution in [1.82, 2.24) is 9.97 Å². The Hall–Kier alpha value is -1.70. The van der Waals surface area contributed by atoms with Crippen molar-refractivity contribution in [2.24, 2.45) is 5.14 Å². The van der Waals surface area contributed by atoms with Gasteiger partial charge >= 0.3 is 0 Å². The standard InChI is InChI=1S/C14H15ClN4O2S/c15-12-7-13(19-14(18-12)10-4-5-10)17-8-9-2-1-3-11(6-9)22(16,20)21/h1-3,6-7,10H,4-5,8H2,(H2,16,20,21)(H,17,18,19). The van der Waals surface area contributed by atoms with Gasteiger partial charge in [0, 0.05) is 18.5 Å². The summed E-state index contributed by atoms with van der Waals surface area (Å²) in [5, 5.41) is 8.66. The molecule has 1 aromatic heterocycles. The molecule has 1 fully saturated rings. The van der Waals surface area contributed by atoms with Crippen LogP contribution in [0.1, 0.15) is 30.1 Å². The minimum atomic E-state index is -3.70. The third kappa shape index (κ3) is 3.73. The summed E-state index contributed by atoms with van der Waals surface area (Å²) in [6, 6.07) is 8.11. The maximum atomic E-state index is 11.3. The van der Waals surface area contributed by atoms with Gasteiger partial charge in [0.1, 0.15) is 16.8 Å². The molecule has 1 saturated carbocycles. The van der Waals surface area contributed by atoms with E-state index in [1.54, 1.807) is 12.1 Å². The van der Waals surface area contributed by atoms with E-state index >= 15 is 0 Å². The van der Waals surface area contributed by atoms with Crippen LogP contribution in [-0.4, -0.2) is 18.4 Å². The van der Waals surface area contributed by atoms with Gasteiger partial charge in [-0.15, -0.1) is 0 Å². The molecule has 0 spiro atoms. The summed E-state index contributed by atoms with van der Waals surface area (Å²) in [6.07, 6.45) is 2.19. The highest BCUT2D eigenvalue weighted by atomic mass is 35.5. The van der Waals surface area contributed by atoms with Gasteiger partial charge in [-0.25, -0.2) is 23.5 Å². The van der Waals surface area contributed by atoms with Crippen molar-refractivity contribution < 1.29 is 8.42 Å². The number of nitrogens with two attached hydrogens (primary N) is 1. The quantitative estimate of drug-likeness (QED) is 0.815. The number of rotatable bonds is 5. The van der Waals surface area contributed by atoms with E-state index in [0.717, 1.165) is 24.2 Å². The van der Waals surface area contributed by atoms with E-state index in [0.29, 0.717) is 23.4 Å². The SMILES string of the molecule is NS(=O)(=O)c1cccc(CNc2cc(Cl)nc(C3CC3)n2)c1. The molecule has 0 aliphatic heterocycles. The highest BCUT2D eigenvalue weighted by Gasteiger charge is 2.27. The molecule has 0 bridgehead atoms. The van der Waals surface area contributed by atoms with E-state index in [4.69, 9.17) is 16.7 Å². The summed E-state index contributed by atoms with van der Waals surface area (Å²) in [5.74, 6) is 1.79. The first-order valence-corrected chi connectivity index (χ1v) is 8.74. The number of hydrogen-bond donors (Lipinski definition) is 2. The number of hydrogen-bond acceptors (Lipinski definition) is 5. The minimum absolute atomic E-state index is 0.0891. The molecule has 0 saturated heterocycles. The van der Waals surface area contributed by atoms with Gasteiger partial charge in [0.25, 0.3) is 0 Å². The van der Waals surface area contributed by atoms with E-state index in [-0.39, 0.29) is 4.90 Å². The van der Waals surface area contributed by atoms with Crippen LogP contribution in [0.2, 0.25) is 5.15 Å². The fourth-order valence-electron chi connectivity index (χ4n) is 2.07. The Labute approximate surface area is 133 Å². The fraction of sp³-hybridized carbons (Fsp3) is 0.286. The minimum Gasteiger partial charge on any atom is -0.366 e. The van der Waals surface area contributed by atoms with Crippen LogP contribution in [0.3, 0.4) is 0 Å². The van der Waals surface area contributed by atoms with E-state index < -0.39 is 10.0 Å². The number of primary sulfonamides is 1. The van der Waals surface area contributed by atoms with Gasteiger partial charge in [-0.3, -0.25) is 0 Å². The normalized spacial score (nSPS) is 14.8. The Balaban J connectivity index is 1.75. The molecule has 1 aliphatic carbocycles. The molecular formula is C14H15ClN4O2S. The molecule has 0 atom stereocenters. The van der Waals surface area contributed by atoms with Crippen molar-refractivity contribution in [3.05, 3.63) is 46.9 Å². The number of sulfonamides is 1. The zero-order chi connectivity index (χ0) is 15.7. The predicted octanol–water partition coefficient (Wildman–Crippen LogP) is 2.27. The number of aromatic nitrogens is 2. The van der Waals surface area contributed by atoms with Crippen molar-refractivity contribution in [3.8, 4) is 0 Å². The molecule has 116 valence electrons. The summed E-state index contributed by atoms with van der Waals surface area (Å²) in [6.45, 7) is 0.417. The Morgan fingerprint density at radius 3 is 2.73 bits per heavy atom. The smallest absolute Gasteiger partial charge is 0.238 e. The number of halogens is 1. The molecule has 2 aromatic rings. The molecular weight excluding hydrogens is 324 g/mol. The van der Waals surface area contributed by atoms with Crippen LogP contribution in [-0.2, 0) is 16.6 Å². The first-order valence-electron chi connectivity index (χ1n) is 6.82. The number of anilines is 1. The topological polar surface area (TPSA) is 98.0 Å². The van der Waals surface area contributed by atoms with Gasteiger partial charge < -0.3 is 5.32 Å². The summed E-state index contributed by atoms with van der Waals surface area (Å²) in [7, 11) is -3.70. The highest BCUT2D eigenvalue weighted by Crippen LogP contribution is 2.38. The largest absolute Gasteiger partial charge is 0.366 e. The van der Waals surface area contributed by atoms with E-state index in [1.165, 1.54) is 12.1 Å². The third-order valence-electron chi connectivity index (χ3n) is 3.36. The average Bonchev–Trinajstić information content (AvgIpc) is 3.29. The zero-order valence-corrected chi connectivity index (χ0v) is 13.2. The lowest BCUT2D eigenvalue weighted by Gasteiger charge is -2.08. The number of nitrogens with one attached hydrogen (secondary N) is 1. The summed E-state index contributed by atoms with van der Waals surface area (Å²) in [5.41, 5.74) is 0.786. The Morgan fingerprint density at radius 2 is 2.05 bits per heavy atom. The van der Waals surface area contributed by atoms with Crippen LogP contribution in [0.5, 0.6) is 0 Å². The average molecular weight is 339 g/mol. The molecule has 3 N–H and O–H groups in total. The molecule has 0 unspecified atom stereocenters. The maximum absolute atomic E-state index is 11.3. The van der Waals surface area contributed by atoms with Gasteiger partial charge in [-0.05, 0) is 30.5 Å². The van der Waals surface area contributed by atoms with E-state index in [2.05, 4.69) is 15.3 Å². The maximum Gasteiger partial charge on any atom is 0.238 e. The molecule has 1 heterocycles. The molecule has 3 rings (SSSR count). The number of benzene rings is 1. The highest BCUT2D eigenvalue weighted by molar-refractivity contribution is 7.89. The first-order chi connectivity index (χ1) is 10.4. The third-order valence-corrected chi connectivity index (χ3v) is 4.46. The lowest BCUT2D eigenvalue weighted by atomic mass is 10.2. The second kappa shape index (κ2) is 5.83. The summed E-state index contributed by atoms with van der Waals surface area (Å²) < 4.78 is 22.7. The van der Waals surface area contributed by atoms with Gasteiger partial charge in [0.2, 0.25) is 10.0 Å². The van der Waals surface area contributed by atoms with E-state index in [1.807, 2.05) is 6.07 Å². The lowest BCUT2D eigenvalue weighted by Crippen LogP contribution is -2.12. The van der Waals surface area contributed by atoms with Crippen LogP contribution >= 0.6 is 11.6 Å². The van der Waals surface area contributed by atoms with Crippen molar-refractivity contribution in [2.45, 2.75) is 30.2 Å². The van der Waals surface area contributed by atoms with Crippen LogP contribution in [0.4, 0.5) is 5.82 Å². The van der Waals surface area contributed by atoms with Gasteiger partial charge in [0.15, 0.2) is 0 Å². The van der Waals surface area contributed by atoms with Crippen molar-refractivity contribution in [3.63, 3.8) is 0 Å². The van der Waals surface area contributed by atoms with Crippen LogP contribution in [0.25, 0.3) is 0 Å². The monoisotopic (exact) mass is 338 g/mol. The van der Waals surface area contributed by atoms with Crippen LogP contribution in [0.15, 0.2) is 35.2 Å². The fourth-order valence-corrected chi connectivity index (χ4v) is 2.85. The number of nitrogens with zero attached hydrogens (tertiary/aromatic N) is 2. The Bertz CT molecular complexity index is 806. The molecule has 1 aromatic carbocycles. The van der Waals surface area contributed by atoms with Gasteiger partial charge in [-0.2, -0.15) is 0 Å². The van der Waals surface area contributed by atoms with Crippen LogP contribution < -0.4 is 10.5 Å². The molecule has 1 aliphatic rings. The summed E-state index contributed by atoms with van der Waals surface area (Å²) >= 11 is 6.00. The Morgan fingerprint density at radius 1 is 1.27 bits per heavy atom. The molecule has 22 heavy (non-hydrogen) atoms. The van der Waals surface area contributed by atoms with Crippen molar-refractivity contribution in [1.29, 1.82) is 0 Å². The molecule has 0 radical (unpaired) electrons. The lowest BCUT2D eigenvalue weighted by molar-refractivity contribution is 0.597. The second-order valence-corrected chi connectivity index (χ2v) is 7.20. The molecule has 6 nitrogen and oxygen atoms in total. The van der Waals surface area contributed by atoms with Gasteiger partial charge in [-0.1, -0.05) is 23.7 Å². The molecule has 8 heteroatoms. The summed E-state index contributed by atoms with van der Waals surface area (Å²) in [4.78, 5) is 8.74. The van der Waals surface area contributed by atoms with Crippen molar-refractivity contribution >= 4 is 27.4 Å². The zero-order valence-electron chi connectivity index (χ0n) is 11.7. The Kier molecular flexibility index (Phi) is 4.03. The van der Waals surface area contributed by atoms with E-state index in [9.17, 15) is 8.42 Å². The van der Waals surface area contributed by atoms with Crippen molar-refractivity contribution in [2.75, 3.05) is 5.32 Å². The van der Waals surface area contributed by atoms with Gasteiger partial charge in [0.05, 0.1) is 4.90 Å². The predicted molar refractivity (Wildman–Crippen MR) is 84.2 cm³/mol. The molecule has 0 amide bonds.